The largest absolute Gasteiger partial charge is 0.500 e. The van der Waals surface area contributed by atoms with Crippen molar-refractivity contribution >= 4 is 21.9 Å². The molecule has 0 amide bonds. The first-order chi connectivity index (χ1) is 17.1. The number of furan rings is 1. The average Bonchev–Trinajstić information content (AvgIpc) is 3.30. The first-order valence-electron chi connectivity index (χ1n) is 11.8. The smallest absolute Gasteiger partial charge is 0.123 e. The molecule has 181 valence electrons. The summed E-state index contributed by atoms with van der Waals surface area (Å²) in [7, 11) is 0. The van der Waals surface area contributed by atoms with E-state index in [-0.39, 0.29) is 20.1 Å². The van der Waals surface area contributed by atoms with Crippen LogP contribution in [0.2, 0.25) is 0 Å². The van der Waals surface area contributed by atoms with Crippen molar-refractivity contribution in [1.29, 1.82) is 0 Å². The van der Waals surface area contributed by atoms with Crippen molar-refractivity contribution in [3.63, 3.8) is 0 Å². The minimum atomic E-state index is 0. The molecule has 0 saturated carbocycles. The number of rotatable bonds is 3. The molecule has 1 radical (unpaired) electrons. The fourth-order valence-electron chi connectivity index (χ4n) is 4.06. The minimum absolute atomic E-state index is 0. The van der Waals surface area contributed by atoms with Gasteiger partial charge >= 0.3 is 0 Å². The van der Waals surface area contributed by atoms with Gasteiger partial charge in [-0.3, -0.25) is 0 Å². The summed E-state index contributed by atoms with van der Waals surface area (Å²) in [5, 5.41) is 2.26. The Morgan fingerprint density at radius 2 is 1.56 bits per heavy atom. The van der Waals surface area contributed by atoms with Crippen molar-refractivity contribution in [3.8, 4) is 22.5 Å². The van der Waals surface area contributed by atoms with E-state index in [1.807, 2.05) is 60.8 Å². The molecule has 0 saturated heterocycles. The van der Waals surface area contributed by atoms with Gasteiger partial charge in [-0.2, -0.15) is 0 Å². The van der Waals surface area contributed by atoms with Crippen LogP contribution in [0.4, 0.5) is 0 Å². The van der Waals surface area contributed by atoms with Crippen molar-refractivity contribution in [3.05, 3.63) is 121 Å². The molecule has 3 heterocycles. The van der Waals surface area contributed by atoms with Crippen LogP contribution in [0.25, 0.3) is 44.5 Å². The predicted molar refractivity (Wildman–Crippen MR) is 143 cm³/mol. The topological polar surface area (TPSA) is 38.9 Å². The minimum Gasteiger partial charge on any atom is -0.500 e. The van der Waals surface area contributed by atoms with E-state index < -0.39 is 0 Å². The van der Waals surface area contributed by atoms with E-state index >= 15 is 0 Å². The van der Waals surface area contributed by atoms with E-state index in [9.17, 15) is 0 Å². The maximum Gasteiger partial charge on any atom is 0.123 e. The zero-order valence-corrected chi connectivity index (χ0v) is 22.8. The third-order valence-electron chi connectivity index (χ3n) is 6.01. The molecular weight excluding hydrogens is 621 g/mol. The molecule has 0 N–H and O–H groups in total. The summed E-state index contributed by atoms with van der Waals surface area (Å²) in [6, 6.07) is 34.6. The van der Waals surface area contributed by atoms with Crippen molar-refractivity contribution in [2.45, 2.75) is 26.7 Å². The van der Waals surface area contributed by atoms with Gasteiger partial charge in [-0.15, -0.1) is 54.1 Å². The van der Waals surface area contributed by atoms with Crippen LogP contribution < -0.4 is 0 Å². The van der Waals surface area contributed by atoms with Crippen LogP contribution in [0.3, 0.4) is 0 Å². The second-order valence-corrected chi connectivity index (χ2v) is 8.77. The van der Waals surface area contributed by atoms with Crippen LogP contribution in [-0.2, 0) is 20.1 Å². The Morgan fingerprint density at radius 3 is 2.25 bits per heavy atom. The second-order valence-electron chi connectivity index (χ2n) is 8.77. The molecule has 0 fully saturated rings. The Bertz CT molecular complexity index is 1560. The van der Waals surface area contributed by atoms with Gasteiger partial charge < -0.3 is 14.4 Å². The Morgan fingerprint density at radius 1 is 0.722 bits per heavy atom. The first-order valence-corrected chi connectivity index (χ1v) is 11.8. The number of hydrogen-bond acceptors (Lipinski definition) is 3. The van der Waals surface area contributed by atoms with Gasteiger partial charge in [0.15, 0.2) is 0 Å². The van der Waals surface area contributed by atoms with Crippen molar-refractivity contribution in [1.82, 2.24) is 9.97 Å². The molecule has 3 aromatic heterocycles. The Hall–Kier alpha value is -3.59. The molecule has 0 aliphatic heterocycles. The van der Waals surface area contributed by atoms with Crippen LogP contribution in [0.1, 0.15) is 30.9 Å². The summed E-state index contributed by atoms with van der Waals surface area (Å²) in [6.07, 6.45) is 3.73. The first kappa shape index (κ1) is 25.5. The number of para-hydroxylation sites is 1. The molecule has 6 aromatic rings. The van der Waals surface area contributed by atoms with Gasteiger partial charge in [0, 0.05) is 37.9 Å². The standard InChI is InChI=1S/C18H12NO.C14H14N.Ir/c1-12-6-4-7-13-14-8-5-9-15(18(14)20-17(12)13)16-10-2-3-11-19-16;1-11(2)13-8-9-14(15-10-13)12-6-4-3-5-7-12;/h2-8,10-11H,1H3;3-6,8-11H,1-2H3;/q2*-1;. The summed E-state index contributed by atoms with van der Waals surface area (Å²) < 4.78 is 6.10. The normalized spacial score (nSPS) is 10.7. The molecule has 36 heavy (non-hydrogen) atoms. The van der Waals surface area contributed by atoms with Crippen molar-refractivity contribution in [2.24, 2.45) is 0 Å². The zero-order chi connectivity index (χ0) is 24.2. The van der Waals surface area contributed by atoms with Gasteiger partial charge in [0.1, 0.15) is 5.58 Å². The summed E-state index contributed by atoms with van der Waals surface area (Å²) >= 11 is 0. The fraction of sp³-hybridized carbons (Fsp3) is 0.125. The van der Waals surface area contributed by atoms with E-state index in [1.54, 1.807) is 6.20 Å². The third-order valence-corrected chi connectivity index (χ3v) is 6.01. The summed E-state index contributed by atoms with van der Waals surface area (Å²) in [6.45, 7) is 6.41. The van der Waals surface area contributed by atoms with Crippen LogP contribution in [0.5, 0.6) is 0 Å². The summed E-state index contributed by atoms with van der Waals surface area (Å²) in [5.41, 5.74) is 8.05. The van der Waals surface area contributed by atoms with E-state index in [0.717, 1.165) is 50.0 Å². The number of aromatic nitrogens is 2. The fourth-order valence-corrected chi connectivity index (χ4v) is 4.06. The summed E-state index contributed by atoms with van der Waals surface area (Å²) in [5.74, 6) is 0.534. The second kappa shape index (κ2) is 11.4. The molecule has 0 atom stereocenters. The van der Waals surface area contributed by atoms with Crippen LogP contribution in [0.15, 0.2) is 102 Å². The molecular formula is C32H26IrN2O-2. The molecule has 0 unspecified atom stereocenters. The Balaban J connectivity index is 0.000000172. The van der Waals surface area contributed by atoms with Gasteiger partial charge in [0.25, 0.3) is 0 Å². The van der Waals surface area contributed by atoms with Crippen LogP contribution in [-0.4, -0.2) is 9.97 Å². The third kappa shape index (κ3) is 5.31. The number of hydrogen-bond donors (Lipinski definition) is 0. The SMILES string of the molecule is CC(C)c1ccc(-c2[c-]cccc2)nc1.Cc1cccc2c1oc1c(-c3ccccn3)[c-]ccc12.[Ir]. The number of pyridine rings is 2. The molecule has 0 spiro atoms. The van der Waals surface area contributed by atoms with Gasteiger partial charge in [0.2, 0.25) is 0 Å². The Kier molecular flexibility index (Phi) is 8.10. The van der Waals surface area contributed by atoms with Gasteiger partial charge in [-0.1, -0.05) is 67.3 Å². The van der Waals surface area contributed by atoms with Gasteiger partial charge in [-0.25, -0.2) is 0 Å². The molecule has 3 nitrogen and oxygen atoms in total. The van der Waals surface area contributed by atoms with Gasteiger partial charge in [0.05, 0.1) is 5.58 Å². The van der Waals surface area contributed by atoms with Crippen LogP contribution >= 0.6 is 0 Å². The van der Waals surface area contributed by atoms with E-state index in [2.05, 4.69) is 73.2 Å². The quantitative estimate of drug-likeness (QED) is 0.181. The average molecular weight is 647 g/mol. The van der Waals surface area contributed by atoms with E-state index in [0.29, 0.717) is 5.92 Å². The maximum atomic E-state index is 6.10. The molecule has 4 heteroatoms. The Labute approximate surface area is 225 Å². The maximum absolute atomic E-state index is 6.10. The molecule has 6 rings (SSSR count). The number of fused-ring (bicyclic) bond motifs is 3. The molecule has 0 aliphatic rings. The number of aryl methyl sites for hydroxylation is 1. The molecule has 0 bridgehead atoms. The molecule has 3 aromatic carbocycles. The summed E-state index contributed by atoms with van der Waals surface area (Å²) in [4.78, 5) is 8.84. The molecule has 0 aliphatic carbocycles. The number of nitrogens with zero attached hydrogens (tertiary/aromatic N) is 2. The number of benzene rings is 3. The van der Waals surface area contributed by atoms with Crippen molar-refractivity contribution in [2.75, 3.05) is 0 Å². The van der Waals surface area contributed by atoms with E-state index in [4.69, 9.17) is 4.42 Å². The zero-order valence-electron chi connectivity index (χ0n) is 20.5. The van der Waals surface area contributed by atoms with Gasteiger partial charge in [-0.05, 0) is 41.4 Å². The van der Waals surface area contributed by atoms with Crippen LogP contribution in [0, 0.1) is 19.1 Å². The predicted octanol–water partition coefficient (Wildman–Crippen LogP) is 8.43. The monoisotopic (exact) mass is 647 g/mol. The van der Waals surface area contributed by atoms with E-state index in [1.165, 1.54) is 5.56 Å². The van der Waals surface area contributed by atoms with Crippen molar-refractivity contribution < 1.29 is 24.5 Å².